The molecule has 0 bridgehead atoms. The fourth-order valence-corrected chi connectivity index (χ4v) is 0.597. The van der Waals surface area contributed by atoms with Crippen LogP contribution in [0, 0.1) is 0 Å². The van der Waals surface area contributed by atoms with Crippen LogP contribution in [0.25, 0.3) is 0 Å². The highest BCUT2D eigenvalue weighted by Crippen LogP contribution is 2.04. The van der Waals surface area contributed by atoms with E-state index in [-0.39, 0.29) is 5.48 Å². The van der Waals surface area contributed by atoms with E-state index in [1.54, 1.807) is 12.2 Å². The summed E-state index contributed by atoms with van der Waals surface area (Å²) in [4.78, 5) is 0. The fraction of sp³-hybridized carbons (Fsp3) is 0.250. The van der Waals surface area contributed by atoms with E-state index in [9.17, 15) is 0 Å². The average molecular weight is 141 g/mol. The van der Waals surface area contributed by atoms with Gasteiger partial charge in [-0.15, -0.1) is 0 Å². The molecule has 0 spiro atoms. The molecule has 0 amide bonds. The third-order valence-corrected chi connectivity index (χ3v) is 1.22. The first kappa shape index (κ1) is 11.7. The lowest BCUT2D eigenvalue weighted by molar-refractivity contribution is 0.824. The van der Waals surface area contributed by atoms with Crippen molar-refractivity contribution in [1.29, 1.82) is 0 Å². The molecule has 0 aliphatic heterocycles. The maximum Gasteiger partial charge on any atom is 0.0340 e. The zero-order valence-electron chi connectivity index (χ0n) is 6.35. The summed E-state index contributed by atoms with van der Waals surface area (Å²) in [7, 11) is 0. The lowest BCUT2D eigenvalue weighted by atomic mass is 10.1. The summed E-state index contributed by atoms with van der Waals surface area (Å²) in [6.07, 6.45) is 4.32. The van der Waals surface area contributed by atoms with E-state index in [1.165, 1.54) is 0 Å². The number of nitrogens with two attached hydrogens (primary N) is 1. The second kappa shape index (κ2) is 6.11. The van der Waals surface area contributed by atoms with Crippen LogP contribution in [0.4, 0.5) is 0 Å². The van der Waals surface area contributed by atoms with Gasteiger partial charge in [0, 0.05) is 5.70 Å². The third kappa shape index (κ3) is 3.10. The van der Waals surface area contributed by atoms with Gasteiger partial charge in [-0.2, -0.15) is 0 Å². The molecule has 2 nitrogen and oxygen atoms in total. The Morgan fingerprint density at radius 3 is 2.00 bits per heavy atom. The largest absolute Gasteiger partial charge is 0.412 e. The van der Waals surface area contributed by atoms with Gasteiger partial charge in [-0.1, -0.05) is 26.2 Å². The summed E-state index contributed by atoms with van der Waals surface area (Å²) >= 11 is 0. The Kier molecular flexibility index (Phi) is 7.17. The fourth-order valence-electron chi connectivity index (χ4n) is 0.597. The Bertz CT molecular complexity index is 147. The van der Waals surface area contributed by atoms with E-state index in [4.69, 9.17) is 5.73 Å². The Hall–Kier alpha value is -1.02. The maximum absolute atomic E-state index is 5.53. The Balaban J connectivity index is 0. The molecule has 0 rings (SSSR count). The molecule has 58 valence electrons. The van der Waals surface area contributed by atoms with Crippen molar-refractivity contribution in [3.05, 3.63) is 36.6 Å². The summed E-state index contributed by atoms with van der Waals surface area (Å²) < 4.78 is 0. The van der Waals surface area contributed by atoms with E-state index < -0.39 is 0 Å². The van der Waals surface area contributed by atoms with Gasteiger partial charge in [0.1, 0.15) is 0 Å². The van der Waals surface area contributed by atoms with Crippen LogP contribution in [-0.2, 0) is 0 Å². The van der Waals surface area contributed by atoms with E-state index in [0.717, 1.165) is 17.7 Å². The first-order chi connectivity index (χ1) is 4.26. The molecule has 10 heavy (non-hydrogen) atoms. The summed E-state index contributed by atoms with van der Waals surface area (Å²) in [6.45, 7) is 9.20. The molecule has 0 atom stereocenters. The normalized spacial score (nSPS) is 10.9. The average Bonchev–Trinajstić information content (AvgIpc) is 1.90. The van der Waals surface area contributed by atoms with Crippen LogP contribution in [0.2, 0.25) is 0 Å². The first-order valence-corrected chi connectivity index (χ1v) is 2.99. The number of allylic oxidation sites excluding steroid dienone is 3. The predicted octanol–water partition coefficient (Wildman–Crippen LogP) is 1.16. The summed E-state index contributed by atoms with van der Waals surface area (Å²) in [5, 5.41) is 0. The molecular formula is C8H15NO. The Morgan fingerprint density at radius 1 is 1.40 bits per heavy atom. The van der Waals surface area contributed by atoms with E-state index >= 15 is 0 Å². The van der Waals surface area contributed by atoms with Gasteiger partial charge in [0.15, 0.2) is 0 Å². The van der Waals surface area contributed by atoms with Crippen LogP contribution in [0.15, 0.2) is 36.6 Å². The molecule has 0 saturated heterocycles. The molecule has 0 saturated carbocycles. The second-order valence-corrected chi connectivity index (χ2v) is 1.74. The molecule has 0 aliphatic carbocycles. The summed E-state index contributed by atoms with van der Waals surface area (Å²) in [5.74, 6) is 0. The van der Waals surface area contributed by atoms with Crippen LogP contribution in [-0.4, -0.2) is 5.48 Å². The minimum atomic E-state index is 0. The topological polar surface area (TPSA) is 57.5 Å². The second-order valence-electron chi connectivity index (χ2n) is 1.74. The van der Waals surface area contributed by atoms with Crippen molar-refractivity contribution in [2.45, 2.75) is 13.3 Å². The highest BCUT2D eigenvalue weighted by Gasteiger charge is 1.89. The predicted molar refractivity (Wildman–Crippen MR) is 45.5 cm³/mol. The van der Waals surface area contributed by atoms with E-state index in [2.05, 4.69) is 13.2 Å². The van der Waals surface area contributed by atoms with Gasteiger partial charge in [-0.05, 0) is 18.1 Å². The lowest BCUT2D eigenvalue weighted by Gasteiger charge is -1.98. The SMILES string of the molecule is C=C/C(N)=C(\C=C)CC.O. The Morgan fingerprint density at radius 2 is 1.90 bits per heavy atom. The molecule has 0 aromatic heterocycles. The standard InChI is InChI=1S/C8H13N.H2O/c1-4-7(5-2)8(9)6-3;/h4,6H,1,3,5,9H2,2H3;1H2/b8-7-;. The molecule has 0 fully saturated rings. The minimum absolute atomic E-state index is 0. The van der Waals surface area contributed by atoms with Crippen molar-refractivity contribution in [1.82, 2.24) is 0 Å². The quantitative estimate of drug-likeness (QED) is 0.589. The van der Waals surface area contributed by atoms with Gasteiger partial charge in [-0.3, -0.25) is 0 Å². The third-order valence-electron chi connectivity index (χ3n) is 1.22. The monoisotopic (exact) mass is 141 g/mol. The molecule has 0 radical (unpaired) electrons. The van der Waals surface area contributed by atoms with Crippen molar-refractivity contribution in [3.8, 4) is 0 Å². The molecule has 0 unspecified atom stereocenters. The molecule has 0 heterocycles. The van der Waals surface area contributed by atoms with Crippen molar-refractivity contribution in [2.24, 2.45) is 5.73 Å². The van der Waals surface area contributed by atoms with Gasteiger partial charge in [0.25, 0.3) is 0 Å². The first-order valence-electron chi connectivity index (χ1n) is 2.99. The van der Waals surface area contributed by atoms with Crippen LogP contribution in [0.1, 0.15) is 13.3 Å². The molecule has 2 heteroatoms. The van der Waals surface area contributed by atoms with Crippen molar-refractivity contribution in [3.63, 3.8) is 0 Å². The van der Waals surface area contributed by atoms with Gasteiger partial charge in [0.05, 0.1) is 0 Å². The van der Waals surface area contributed by atoms with Crippen molar-refractivity contribution >= 4 is 0 Å². The number of hydrogen-bond acceptors (Lipinski definition) is 1. The van der Waals surface area contributed by atoms with Gasteiger partial charge < -0.3 is 11.2 Å². The molecule has 0 aromatic carbocycles. The Labute approximate surface area is 62.0 Å². The number of hydrogen-bond donors (Lipinski definition) is 1. The van der Waals surface area contributed by atoms with Crippen LogP contribution in [0.3, 0.4) is 0 Å². The molecular weight excluding hydrogens is 126 g/mol. The highest BCUT2D eigenvalue weighted by molar-refractivity contribution is 5.28. The van der Waals surface area contributed by atoms with E-state index in [0.29, 0.717) is 0 Å². The minimum Gasteiger partial charge on any atom is -0.412 e. The zero-order valence-corrected chi connectivity index (χ0v) is 6.35. The lowest BCUT2D eigenvalue weighted by Crippen LogP contribution is -1.96. The molecule has 0 aromatic rings. The van der Waals surface area contributed by atoms with Gasteiger partial charge >= 0.3 is 0 Å². The molecule has 0 aliphatic rings. The van der Waals surface area contributed by atoms with Crippen LogP contribution >= 0.6 is 0 Å². The van der Waals surface area contributed by atoms with Gasteiger partial charge in [0.2, 0.25) is 0 Å². The maximum atomic E-state index is 5.53. The highest BCUT2D eigenvalue weighted by atomic mass is 16.0. The van der Waals surface area contributed by atoms with Gasteiger partial charge in [-0.25, -0.2) is 0 Å². The van der Waals surface area contributed by atoms with Crippen molar-refractivity contribution in [2.75, 3.05) is 0 Å². The van der Waals surface area contributed by atoms with E-state index in [1.807, 2.05) is 6.92 Å². The van der Waals surface area contributed by atoms with Crippen LogP contribution < -0.4 is 5.73 Å². The number of rotatable bonds is 3. The van der Waals surface area contributed by atoms with Crippen LogP contribution in [0.5, 0.6) is 0 Å². The summed E-state index contributed by atoms with van der Waals surface area (Å²) in [5.41, 5.74) is 7.32. The van der Waals surface area contributed by atoms with Crippen molar-refractivity contribution < 1.29 is 5.48 Å². The summed E-state index contributed by atoms with van der Waals surface area (Å²) in [6, 6.07) is 0. The smallest absolute Gasteiger partial charge is 0.0340 e. The zero-order chi connectivity index (χ0) is 7.28. The molecule has 4 N–H and O–H groups in total.